The van der Waals surface area contributed by atoms with Crippen LogP contribution in [0.25, 0.3) is 6.08 Å². The molecule has 8 heteroatoms. The van der Waals surface area contributed by atoms with E-state index in [1.54, 1.807) is 32.1 Å². The molecule has 7 nitrogen and oxygen atoms in total. The Morgan fingerprint density at radius 2 is 1.77 bits per heavy atom. The molecule has 1 aromatic heterocycles. The van der Waals surface area contributed by atoms with Crippen molar-refractivity contribution in [3.8, 4) is 0 Å². The summed E-state index contributed by atoms with van der Waals surface area (Å²) in [5, 5.41) is 24.3. The first-order chi connectivity index (χ1) is 18.2. The number of ether oxygens (including phenoxy) is 1. The second kappa shape index (κ2) is 14.9. The maximum atomic E-state index is 13.0. The molecule has 1 saturated carbocycles. The molecule has 222 valence electrons. The minimum Gasteiger partial charge on any atom is -0.466 e. The Morgan fingerprint density at radius 3 is 2.36 bits per heavy atom. The number of Topliss-reactive ketones (excluding diaryl/α,β-unsaturated/α-hetero) is 1. The Morgan fingerprint density at radius 1 is 1.13 bits per heavy atom. The molecule has 2 fully saturated rings. The van der Waals surface area contributed by atoms with Gasteiger partial charge in [0.15, 0.2) is 0 Å². The molecule has 2 heterocycles. The van der Waals surface area contributed by atoms with Crippen LogP contribution < -0.4 is 5.73 Å². The molecule has 6 atom stereocenters. The van der Waals surface area contributed by atoms with Crippen LogP contribution in [-0.4, -0.2) is 45.8 Å². The summed E-state index contributed by atoms with van der Waals surface area (Å²) in [4.78, 5) is 29.5. The van der Waals surface area contributed by atoms with Gasteiger partial charge in [-0.3, -0.25) is 9.59 Å². The largest absolute Gasteiger partial charge is 0.466 e. The van der Waals surface area contributed by atoms with Crippen molar-refractivity contribution in [1.29, 1.82) is 0 Å². The summed E-state index contributed by atoms with van der Waals surface area (Å²) in [6.07, 6.45) is 7.45. The zero-order chi connectivity index (χ0) is 29.4. The lowest BCUT2D eigenvalue weighted by Crippen LogP contribution is -2.45. The fourth-order valence-corrected chi connectivity index (χ4v) is 6.72. The maximum Gasteiger partial charge on any atom is 0.308 e. The molecule has 0 spiro atoms. The highest BCUT2D eigenvalue weighted by Crippen LogP contribution is 2.48. The molecular weight excluding hydrogens is 512 g/mol. The summed E-state index contributed by atoms with van der Waals surface area (Å²) in [5.74, 6) is -0.675. The van der Waals surface area contributed by atoms with E-state index in [-0.39, 0.29) is 23.5 Å². The summed E-state index contributed by atoms with van der Waals surface area (Å²) in [6.45, 7) is 14.4. The summed E-state index contributed by atoms with van der Waals surface area (Å²) >= 11 is 1.61. The maximum absolute atomic E-state index is 13.0. The monoisotopic (exact) mass is 564 g/mol. The van der Waals surface area contributed by atoms with Crippen molar-refractivity contribution in [2.45, 2.75) is 119 Å². The van der Waals surface area contributed by atoms with Gasteiger partial charge in [0.25, 0.3) is 0 Å². The lowest BCUT2D eigenvalue weighted by atomic mass is 9.71. The van der Waals surface area contributed by atoms with E-state index >= 15 is 0 Å². The van der Waals surface area contributed by atoms with Gasteiger partial charge in [-0.25, -0.2) is 4.98 Å². The number of hydrogen-bond acceptors (Lipinski definition) is 8. The van der Waals surface area contributed by atoms with Gasteiger partial charge in [0.2, 0.25) is 0 Å². The molecule has 0 radical (unpaired) electrons. The number of rotatable bonds is 2. The van der Waals surface area contributed by atoms with Crippen LogP contribution in [0.5, 0.6) is 0 Å². The van der Waals surface area contributed by atoms with Crippen molar-refractivity contribution in [2.24, 2.45) is 34.3 Å². The molecule has 2 aliphatic rings. The quantitative estimate of drug-likeness (QED) is 0.381. The molecule has 1 aliphatic heterocycles. The smallest absolute Gasteiger partial charge is 0.308 e. The van der Waals surface area contributed by atoms with Crippen molar-refractivity contribution in [3.63, 3.8) is 0 Å². The highest BCUT2D eigenvalue weighted by atomic mass is 32.1. The van der Waals surface area contributed by atoms with Crippen LogP contribution in [0.15, 0.2) is 11.0 Å². The van der Waals surface area contributed by atoms with Gasteiger partial charge in [-0.05, 0) is 69.3 Å². The summed E-state index contributed by atoms with van der Waals surface area (Å²) in [7, 11) is 0. The average molecular weight is 565 g/mol. The normalized spacial score (nSPS) is 32.4. The number of aliphatic hydroxyl groups excluding tert-OH is 2. The number of fused-ring (bicyclic) bond motifs is 1. The predicted molar refractivity (Wildman–Crippen MR) is 158 cm³/mol. The Kier molecular flexibility index (Phi) is 12.8. The molecule has 0 amide bonds. The number of allylic oxidation sites excluding steroid dienone is 1. The molecular formula is C31H52N2O5S. The van der Waals surface area contributed by atoms with Gasteiger partial charge < -0.3 is 20.7 Å². The third-order valence-electron chi connectivity index (χ3n) is 8.94. The SMILES string of the molecule is CC(C)=Cc1csc(CN)n1.C[C@H]1CCC[C@@]2(C)CCC[C@H]2CCOC(=O)C[C@H](O)C(C)(C)C(=O)[C@H](C)[C@H]1O. The van der Waals surface area contributed by atoms with E-state index in [1.807, 2.05) is 12.3 Å². The number of nitrogens with two attached hydrogens (primary N) is 1. The average Bonchev–Trinajstić information content (AvgIpc) is 3.48. The number of aromatic nitrogens is 1. The van der Waals surface area contributed by atoms with Crippen LogP contribution in [0, 0.1) is 28.6 Å². The van der Waals surface area contributed by atoms with E-state index < -0.39 is 29.5 Å². The van der Waals surface area contributed by atoms with Gasteiger partial charge in [0, 0.05) is 17.8 Å². The summed E-state index contributed by atoms with van der Waals surface area (Å²) < 4.78 is 5.40. The van der Waals surface area contributed by atoms with Gasteiger partial charge in [0.05, 0.1) is 36.3 Å². The van der Waals surface area contributed by atoms with Crippen LogP contribution in [0.1, 0.15) is 111 Å². The van der Waals surface area contributed by atoms with E-state index in [0.29, 0.717) is 19.1 Å². The van der Waals surface area contributed by atoms with Crippen molar-refractivity contribution < 1.29 is 24.5 Å². The highest BCUT2D eigenvalue weighted by molar-refractivity contribution is 7.09. The van der Waals surface area contributed by atoms with E-state index in [9.17, 15) is 19.8 Å². The van der Waals surface area contributed by atoms with Crippen LogP contribution in [0.2, 0.25) is 0 Å². The molecule has 1 aromatic rings. The number of thiazole rings is 1. The van der Waals surface area contributed by atoms with Gasteiger partial charge in [-0.1, -0.05) is 53.0 Å². The fourth-order valence-electron chi connectivity index (χ4n) is 6.09. The zero-order valence-electron chi connectivity index (χ0n) is 25.2. The van der Waals surface area contributed by atoms with Crippen molar-refractivity contribution in [1.82, 2.24) is 4.98 Å². The van der Waals surface area contributed by atoms with Crippen molar-refractivity contribution in [3.05, 3.63) is 21.7 Å². The third kappa shape index (κ3) is 9.48. The molecule has 39 heavy (non-hydrogen) atoms. The van der Waals surface area contributed by atoms with Crippen LogP contribution >= 0.6 is 11.3 Å². The molecule has 4 N–H and O–H groups in total. The van der Waals surface area contributed by atoms with Gasteiger partial charge in [-0.2, -0.15) is 0 Å². The van der Waals surface area contributed by atoms with E-state index in [0.717, 1.165) is 36.4 Å². The number of hydrogen-bond donors (Lipinski definition) is 3. The second-order valence-electron chi connectivity index (χ2n) is 12.8. The second-order valence-corrected chi connectivity index (χ2v) is 13.7. The number of aliphatic hydroxyl groups is 2. The van der Waals surface area contributed by atoms with Gasteiger partial charge >= 0.3 is 5.97 Å². The molecule has 1 aliphatic carbocycles. The first-order valence-corrected chi connectivity index (χ1v) is 15.4. The predicted octanol–water partition coefficient (Wildman–Crippen LogP) is 5.91. The van der Waals surface area contributed by atoms with Crippen molar-refractivity contribution in [2.75, 3.05) is 6.61 Å². The highest BCUT2D eigenvalue weighted by Gasteiger charge is 2.43. The first-order valence-electron chi connectivity index (χ1n) is 14.6. The standard InChI is InChI=1S/C23H40O5.C8H12N2S/c1-15-8-6-11-23(5)12-7-9-17(23)10-13-28-19(25)14-18(24)22(3,4)21(27)16(2)20(15)26;1-6(2)3-7-5-11-8(4-9)10-7/h15-18,20,24,26H,6-14H2,1-5H3;3,5H,4,9H2,1-2H3/t15-,16+,17-,18-,20-,23-;/m0./s1. The number of ketones is 1. The Bertz CT molecular complexity index is 970. The van der Waals surface area contributed by atoms with Gasteiger partial charge in [-0.15, -0.1) is 11.3 Å². The number of carbonyl (C=O) groups is 2. The molecule has 1 saturated heterocycles. The number of esters is 1. The van der Waals surface area contributed by atoms with Crippen LogP contribution in [0.3, 0.4) is 0 Å². The minimum atomic E-state index is -1.12. The Balaban J connectivity index is 0.000000404. The summed E-state index contributed by atoms with van der Waals surface area (Å²) in [5.41, 5.74) is 6.86. The molecule has 3 rings (SSSR count). The Labute approximate surface area is 239 Å². The molecule has 0 bridgehead atoms. The minimum absolute atomic E-state index is 0.0215. The third-order valence-corrected chi connectivity index (χ3v) is 9.83. The number of carbonyl (C=O) groups excluding carboxylic acids is 2. The molecule has 0 aromatic carbocycles. The lowest BCUT2D eigenvalue weighted by Gasteiger charge is -2.35. The molecule has 0 unspecified atom stereocenters. The summed E-state index contributed by atoms with van der Waals surface area (Å²) in [6, 6.07) is 0. The van der Waals surface area contributed by atoms with E-state index in [1.165, 1.54) is 24.8 Å². The number of cyclic esters (lactones) is 1. The van der Waals surface area contributed by atoms with E-state index in [2.05, 4.69) is 31.8 Å². The number of nitrogens with zero attached hydrogens (tertiary/aromatic N) is 1. The zero-order valence-corrected chi connectivity index (χ0v) is 26.0. The van der Waals surface area contributed by atoms with Crippen LogP contribution in [-0.2, 0) is 20.9 Å². The lowest BCUT2D eigenvalue weighted by molar-refractivity contribution is -0.152. The Hall–Kier alpha value is -1.61. The van der Waals surface area contributed by atoms with Crippen molar-refractivity contribution >= 4 is 29.2 Å². The van der Waals surface area contributed by atoms with Gasteiger partial charge in [0.1, 0.15) is 10.8 Å². The first kappa shape index (κ1) is 33.6. The fraction of sp³-hybridized carbons (Fsp3) is 0.774. The van der Waals surface area contributed by atoms with Crippen LogP contribution in [0.4, 0.5) is 0 Å². The topological polar surface area (TPSA) is 123 Å². The van der Waals surface area contributed by atoms with E-state index in [4.69, 9.17) is 10.5 Å².